The molecular weight excluding hydrogens is 400 g/mol. The van der Waals surface area contributed by atoms with E-state index in [1.54, 1.807) is 11.2 Å². The fraction of sp³-hybridized carbons (Fsp3) is 0.727. The predicted molar refractivity (Wildman–Crippen MR) is 124 cm³/mol. The van der Waals surface area contributed by atoms with Gasteiger partial charge in [0.15, 0.2) is 5.96 Å². The molecule has 1 aliphatic heterocycles. The van der Waals surface area contributed by atoms with Gasteiger partial charge in [0, 0.05) is 38.6 Å². The van der Waals surface area contributed by atoms with Gasteiger partial charge in [0.2, 0.25) is 0 Å². The molecule has 1 aliphatic rings. The van der Waals surface area contributed by atoms with Crippen LogP contribution < -0.4 is 10.6 Å². The van der Waals surface area contributed by atoms with E-state index in [9.17, 15) is 4.79 Å². The summed E-state index contributed by atoms with van der Waals surface area (Å²) in [5.74, 6) is 3.08. The molecule has 1 aromatic heterocycles. The molecule has 0 aromatic carbocycles. The van der Waals surface area contributed by atoms with Crippen LogP contribution in [0.2, 0.25) is 0 Å². The fourth-order valence-corrected chi connectivity index (χ4v) is 3.92. The number of furan rings is 1. The number of carbonyl (C=O) groups is 1. The lowest BCUT2D eigenvalue weighted by Gasteiger charge is -2.32. The Bertz CT molecular complexity index is 602. The molecule has 0 aliphatic carbocycles. The Kier molecular flexibility index (Phi) is 12.3. The van der Waals surface area contributed by atoms with Crippen LogP contribution in [0.15, 0.2) is 27.8 Å². The summed E-state index contributed by atoms with van der Waals surface area (Å²) in [6.45, 7) is 5.29. The minimum absolute atomic E-state index is 0.206. The van der Waals surface area contributed by atoms with Crippen LogP contribution in [0, 0.1) is 0 Å². The second kappa shape index (κ2) is 15.0. The number of aliphatic imine (C=N–C) groups is 1. The number of amides is 1. The molecule has 0 atom stereocenters. The Labute approximate surface area is 185 Å². The Morgan fingerprint density at radius 3 is 2.80 bits per heavy atom. The fourth-order valence-electron chi connectivity index (χ4n) is 3.43. The van der Waals surface area contributed by atoms with Gasteiger partial charge in [-0.15, -0.1) is 0 Å². The maximum absolute atomic E-state index is 11.9. The highest BCUT2D eigenvalue weighted by Crippen LogP contribution is 2.12. The van der Waals surface area contributed by atoms with E-state index in [0.717, 1.165) is 50.5 Å². The monoisotopic (exact) mass is 438 g/mol. The number of hydrogen-bond acceptors (Lipinski definition) is 5. The maximum Gasteiger partial charge on any atom is 0.409 e. The van der Waals surface area contributed by atoms with Crippen LogP contribution >= 0.6 is 11.8 Å². The van der Waals surface area contributed by atoms with Crippen molar-refractivity contribution in [3.05, 3.63) is 24.2 Å². The van der Waals surface area contributed by atoms with Crippen LogP contribution in [-0.2, 0) is 11.2 Å². The summed E-state index contributed by atoms with van der Waals surface area (Å²) in [4.78, 5) is 18.5. The van der Waals surface area contributed by atoms with Crippen molar-refractivity contribution in [2.75, 3.05) is 44.8 Å². The number of likely N-dealkylation sites (tertiary alicyclic amines) is 1. The molecule has 2 rings (SSSR count). The average Bonchev–Trinajstić information content (AvgIpc) is 3.27. The zero-order valence-corrected chi connectivity index (χ0v) is 19.3. The van der Waals surface area contributed by atoms with Gasteiger partial charge in [0.05, 0.1) is 12.9 Å². The first-order valence-electron chi connectivity index (χ1n) is 11.2. The van der Waals surface area contributed by atoms with Crippen molar-refractivity contribution in [3.63, 3.8) is 0 Å². The van der Waals surface area contributed by atoms with Gasteiger partial charge in [-0.25, -0.2) is 4.79 Å². The Morgan fingerprint density at radius 1 is 1.30 bits per heavy atom. The van der Waals surface area contributed by atoms with Crippen LogP contribution in [0.4, 0.5) is 4.79 Å². The minimum Gasteiger partial charge on any atom is -0.469 e. The SMILES string of the molecule is CCOC(=O)N1CCC(NC(=NCCCCCCSC)NCCc2ccco2)CC1. The smallest absolute Gasteiger partial charge is 0.409 e. The van der Waals surface area contributed by atoms with Gasteiger partial charge < -0.3 is 24.7 Å². The lowest BCUT2D eigenvalue weighted by Crippen LogP contribution is -2.50. The zero-order chi connectivity index (χ0) is 21.4. The number of guanidine groups is 1. The van der Waals surface area contributed by atoms with E-state index < -0.39 is 0 Å². The number of thioether (sulfide) groups is 1. The van der Waals surface area contributed by atoms with Crippen molar-refractivity contribution in [3.8, 4) is 0 Å². The summed E-state index contributed by atoms with van der Waals surface area (Å²) < 4.78 is 10.5. The summed E-state index contributed by atoms with van der Waals surface area (Å²) in [6, 6.07) is 4.22. The van der Waals surface area contributed by atoms with Gasteiger partial charge >= 0.3 is 6.09 Å². The van der Waals surface area contributed by atoms with Gasteiger partial charge in [-0.2, -0.15) is 11.8 Å². The van der Waals surface area contributed by atoms with Crippen LogP contribution in [-0.4, -0.2) is 67.8 Å². The second-order valence-corrected chi connectivity index (χ2v) is 8.48. The lowest BCUT2D eigenvalue weighted by molar-refractivity contribution is 0.0963. The minimum atomic E-state index is -0.206. The molecule has 170 valence electrons. The van der Waals surface area contributed by atoms with Crippen molar-refractivity contribution in [1.29, 1.82) is 0 Å². The summed E-state index contributed by atoms with van der Waals surface area (Å²) in [5.41, 5.74) is 0. The standard InChI is InChI=1S/C22H38N4O3S/c1-3-28-22(27)26-15-11-19(12-16-26)25-21(23-13-6-4-5-7-18-30-2)24-14-10-20-9-8-17-29-20/h8-9,17,19H,3-7,10-16,18H2,1-2H3,(H2,23,24,25). The van der Waals surface area contributed by atoms with Crippen molar-refractivity contribution in [2.24, 2.45) is 4.99 Å². The van der Waals surface area contributed by atoms with E-state index in [2.05, 4.69) is 16.9 Å². The number of unbranched alkanes of at least 4 members (excludes halogenated alkanes) is 3. The molecule has 0 saturated carbocycles. The molecular formula is C22H38N4O3S. The lowest BCUT2D eigenvalue weighted by atomic mass is 10.1. The normalized spacial score (nSPS) is 15.3. The summed E-state index contributed by atoms with van der Waals surface area (Å²) in [7, 11) is 0. The first kappa shape index (κ1) is 24.4. The number of rotatable bonds is 12. The highest BCUT2D eigenvalue weighted by molar-refractivity contribution is 7.98. The maximum atomic E-state index is 11.9. The summed E-state index contributed by atoms with van der Waals surface area (Å²) in [6.07, 6.45) is 11.2. The second-order valence-electron chi connectivity index (χ2n) is 7.50. The molecule has 2 heterocycles. The van der Waals surface area contributed by atoms with Crippen molar-refractivity contribution < 1.29 is 13.9 Å². The van der Waals surface area contributed by atoms with E-state index >= 15 is 0 Å². The first-order valence-corrected chi connectivity index (χ1v) is 12.6. The van der Waals surface area contributed by atoms with Crippen molar-refractivity contribution in [1.82, 2.24) is 15.5 Å². The third-order valence-corrected chi connectivity index (χ3v) is 5.83. The molecule has 1 aromatic rings. The van der Waals surface area contributed by atoms with Gasteiger partial charge in [-0.05, 0) is 56.7 Å². The molecule has 30 heavy (non-hydrogen) atoms. The molecule has 7 nitrogen and oxygen atoms in total. The van der Waals surface area contributed by atoms with E-state index in [4.69, 9.17) is 14.1 Å². The van der Waals surface area contributed by atoms with Gasteiger partial charge in [-0.1, -0.05) is 12.8 Å². The first-order chi connectivity index (χ1) is 14.7. The molecule has 1 saturated heterocycles. The summed E-state index contributed by atoms with van der Waals surface area (Å²) in [5, 5.41) is 7.01. The highest BCUT2D eigenvalue weighted by atomic mass is 32.2. The number of hydrogen-bond donors (Lipinski definition) is 2. The Morgan fingerprint density at radius 2 is 2.10 bits per heavy atom. The predicted octanol–water partition coefficient (Wildman–Crippen LogP) is 3.90. The zero-order valence-electron chi connectivity index (χ0n) is 18.5. The number of piperidine rings is 1. The molecule has 2 N–H and O–H groups in total. The van der Waals surface area contributed by atoms with Crippen LogP contribution in [0.5, 0.6) is 0 Å². The van der Waals surface area contributed by atoms with E-state index in [1.165, 1.54) is 25.0 Å². The van der Waals surface area contributed by atoms with Crippen molar-refractivity contribution >= 4 is 23.8 Å². The third kappa shape index (κ3) is 9.78. The largest absolute Gasteiger partial charge is 0.469 e. The summed E-state index contributed by atoms with van der Waals surface area (Å²) >= 11 is 1.91. The number of nitrogens with zero attached hydrogens (tertiary/aromatic N) is 2. The average molecular weight is 439 g/mol. The van der Waals surface area contributed by atoms with Crippen LogP contribution in [0.3, 0.4) is 0 Å². The molecule has 0 spiro atoms. The number of ether oxygens (including phenoxy) is 1. The third-order valence-electron chi connectivity index (χ3n) is 5.13. The molecule has 0 bridgehead atoms. The molecule has 0 unspecified atom stereocenters. The van der Waals surface area contributed by atoms with Crippen molar-refractivity contribution in [2.45, 2.75) is 57.9 Å². The quantitative estimate of drug-likeness (QED) is 0.293. The van der Waals surface area contributed by atoms with Crippen LogP contribution in [0.1, 0.15) is 51.2 Å². The Balaban J connectivity index is 1.76. The van der Waals surface area contributed by atoms with E-state index in [0.29, 0.717) is 25.7 Å². The number of carbonyl (C=O) groups excluding carboxylic acids is 1. The topological polar surface area (TPSA) is 79.1 Å². The van der Waals surface area contributed by atoms with Crippen LogP contribution in [0.25, 0.3) is 0 Å². The van der Waals surface area contributed by atoms with Gasteiger partial charge in [0.25, 0.3) is 0 Å². The molecule has 8 heteroatoms. The number of nitrogens with one attached hydrogen (secondary N) is 2. The van der Waals surface area contributed by atoms with E-state index in [-0.39, 0.29) is 6.09 Å². The molecule has 1 fully saturated rings. The van der Waals surface area contributed by atoms with E-state index in [1.807, 2.05) is 30.8 Å². The molecule has 1 amide bonds. The molecule has 0 radical (unpaired) electrons. The highest BCUT2D eigenvalue weighted by Gasteiger charge is 2.24. The Hall–Kier alpha value is -1.83. The van der Waals surface area contributed by atoms with Gasteiger partial charge in [-0.3, -0.25) is 4.99 Å². The van der Waals surface area contributed by atoms with Gasteiger partial charge in [0.1, 0.15) is 5.76 Å².